The van der Waals surface area contributed by atoms with E-state index in [4.69, 9.17) is 9.52 Å². The Morgan fingerprint density at radius 3 is 2.72 bits per heavy atom. The molecule has 1 heterocycles. The highest BCUT2D eigenvalue weighted by molar-refractivity contribution is 9.10. The maximum Gasteiger partial charge on any atom is 0.323 e. The second kappa shape index (κ2) is 6.80. The van der Waals surface area contributed by atoms with Crippen LogP contribution in [0.15, 0.2) is 40.0 Å². The molecule has 6 heteroatoms. The summed E-state index contributed by atoms with van der Waals surface area (Å²) in [4.78, 5) is 23.5. The zero-order valence-corrected chi connectivity index (χ0v) is 11.1. The Kier molecular flexibility index (Phi) is 5.38. The zero-order chi connectivity index (χ0) is 13.5. The van der Waals surface area contributed by atoms with Gasteiger partial charge in [-0.05, 0) is 34.1 Å². The Labute approximate surface area is 113 Å². The van der Waals surface area contributed by atoms with E-state index < -0.39 is 11.9 Å². The van der Waals surface area contributed by atoms with Gasteiger partial charge in [-0.25, -0.2) is 0 Å². The van der Waals surface area contributed by atoms with Gasteiger partial charge < -0.3 is 14.4 Å². The van der Waals surface area contributed by atoms with Crippen molar-refractivity contribution in [1.82, 2.24) is 4.90 Å². The van der Waals surface area contributed by atoms with E-state index in [2.05, 4.69) is 22.5 Å². The van der Waals surface area contributed by atoms with Crippen LogP contribution in [0.5, 0.6) is 0 Å². The Morgan fingerprint density at radius 1 is 1.50 bits per heavy atom. The molecule has 0 saturated carbocycles. The minimum atomic E-state index is -1.07. The van der Waals surface area contributed by atoms with Crippen molar-refractivity contribution in [3.05, 3.63) is 41.3 Å². The van der Waals surface area contributed by atoms with Crippen molar-refractivity contribution in [1.29, 1.82) is 0 Å². The number of carboxylic acid groups (broad SMARTS) is 1. The molecular weight excluding hydrogens is 302 g/mol. The number of halogens is 1. The van der Waals surface area contributed by atoms with Crippen LogP contribution >= 0.6 is 15.9 Å². The van der Waals surface area contributed by atoms with Crippen molar-refractivity contribution >= 4 is 33.9 Å². The van der Waals surface area contributed by atoms with Crippen molar-refractivity contribution in [3.63, 3.8) is 0 Å². The van der Waals surface area contributed by atoms with E-state index >= 15 is 0 Å². The van der Waals surface area contributed by atoms with E-state index in [1.165, 1.54) is 18.2 Å². The van der Waals surface area contributed by atoms with Gasteiger partial charge in [-0.15, -0.1) is 6.58 Å². The number of furan rings is 1. The topological polar surface area (TPSA) is 70.8 Å². The lowest BCUT2D eigenvalue weighted by molar-refractivity contribution is -0.142. The number of hydrogen-bond donors (Lipinski definition) is 1. The van der Waals surface area contributed by atoms with Gasteiger partial charge in [0.25, 0.3) is 0 Å². The largest absolute Gasteiger partial charge is 0.480 e. The van der Waals surface area contributed by atoms with Crippen LogP contribution in [0, 0.1) is 0 Å². The summed E-state index contributed by atoms with van der Waals surface area (Å²) in [5, 5.41) is 8.67. The number of carbonyl (C=O) groups excluding carboxylic acids is 1. The van der Waals surface area contributed by atoms with E-state index in [-0.39, 0.29) is 13.1 Å². The van der Waals surface area contributed by atoms with Gasteiger partial charge in [-0.1, -0.05) is 6.08 Å². The fraction of sp³-hybridized carbons (Fsp3) is 0.167. The summed E-state index contributed by atoms with van der Waals surface area (Å²) in [5.41, 5.74) is 0. The van der Waals surface area contributed by atoms with Crippen LogP contribution in [-0.2, 0) is 9.59 Å². The lowest BCUT2D eigenvalue weighted by Crippen LogP contribution is -2.34. The number of carbonyl (C=O) groups is 2. The van der Waals surface area contributed by atoms with Crippen molar-refractivity contribution in [3.8, 4) is 0 Å². The Hall–Kier alpha value is -1.82. The fourth-order valence-electron chi connectivity index (χ4n) is 1.23. The van der Waals surface area contributed by atoms with E-state index in [0.29, 0.717) is 10.4 Å². The normalized spacial score (nSPS) is 10.5. The minimum absolute atomic E-state index is 0.178. The van der Waals surface area contributed by atoms with Gasteiger partial charge >= 0.3 is 5.97 Å². The van der Waals surface area contributed by atoms with Gasteiger partial charge in [0, 0.05) is 12.6 Å². The molecule has 18 heavy (non-hydrogen) atoms. The molecule has 0 spiro atoms. The van der Waals surface area contributed by atoms with Gasteiger partial charge in [-0.2, -0.15) is 0 Å². The molecule has 0 bridgehead atoms. The van der Waals surface area contributed by atoms with Crippen LogP contribution in [0.25, 0.3) is 6.08 Å². The van der Waals surface area contributed by atoms with Gasteiger partial charge in [-0.3, -0.25) is 9.59 Å². The average molecular weight is 314 g/mol. The SMILES string of the molecule is C=CCN(CC(=O)O)C(=O)C=Cc1ccc(Br)o1. The summed E-state index contributed by atoms with van der Waals surface area (Å²) in [6, 6.07) is 3.38. The van der Waals surface area contributed by atoms with Crippen LogP contribution in [0.2, 0.25) is 0 Å². The van der Waals surface area contributed by atoms with Crippen molar-refractivity contribution in [2.45, 2.75) is 0 Å². The van der Waals surface area contributed by atoms with Crippen LogP contribution < -0.4 is 0 Å². The number of rotatable bonds is 6. The van der Waals surface area contributed by atoms with Gasteiger partial charge in [0.1, 0.15) is 12.3 Å². The standard InChI is InChI=1S/C12H12BrNO4/c1-2-7-14(8-12(16)17)11(15)6-4-9-3-5-10(13)18-9/h2-6H,1,7-8H2,(H,16,17). The fourth-order valence-corrected chi connectivity index (χ4v) is 1.55. The maximum atomic E-state index is 11.7. The van der Waals surface area contributed by atoms with Crippen LogP contribution in [0.3, 0.4) is 0 Å². The second-order valence-corrected chi connectivity index (χ2v) is 4.16. The summed E-state index contributed by atoms with van der Waals surface area (Å²) < 4.78 is 5.74. The highest BCUT2D eigenvalue weighted by Crippen LogP contribution is 2.15. The third-order valence-electron chi connectivity index (χ3n) is 1.97. The van der Waals surface area contributed by atoms with Crippen LogP contribution in [0.4, 0.5) is 0 Å². The highest BCUT2D eigenvalue weighted by Gasteiger charge is 2.12. The molecule has 0 aliphatic rings. The molecule has 0 aromatic carbocycles. The minimum Gasteiger partial charge on any atom is -0.480 e. The van der Waals surface area contributed by atoms with Crippen LogP contribution in [-0.4, -0.2) is 35.0 Å². The second-order valence-electron chi connectivity index (χ2n) is 3.38. The summed E-state index contributed by atoms with van der Waals surface area (Å²) in [6.07, 6.45) is 4.21. The van der Waals surface area contributed by atoms with E-state index in [1.807, 2.05) is 0 Å². The molecule has 0 fully saturated rings. The summed E-state index contributed by atoms with van der Waals surface area (Å²) in [6.45, 7) is 3.29. The number of aliphatic carboxylic acids is 1. The smallest absolute Gasteiger partial charge is 0.323 e. The quantitative estimate of drug-likeness (QED) is 0.645. The van der Waals surface area contributed by atoms with E-state index in [1.54, 1.807) is 12.1 Å². The zero-order valence-electron chi connectivity index (χ0n) is 9.51. The lowest BCUT2D eigenvalue weighted by Gasteiger charge is -2.16. The molecule has 0 aliphatic carbocycles. The monoisotopic (exact) mass is 313 g/mol. The molecule has 1 aromatic heterocycles. The molecule has 0 aliphatic heterocycles. The van der Waals surface area contributed by atoms with Crippen LogP contribution in [0.1, 0.15) is 5.76 Å². The molecule has 1 N–H and O–H groups in total. The molecular formula is C12H12BrNO4. The molecule has 0 unspecified atom stereocenters. The predicted molar refractivity (Wildman–Crippen MR) is 69.9 cm³/mol. The number of nitrogens with zero attached hydrogens (tertiary/aromatic N) is 1. The maximum absolute atomic E-state index is 11.7. The Balaban J connectivity index is 2.68. The summed E-state index contributed by atoms with van der Waals surface area (Å²) >= 11 is 3.14. The Morgan fingerprint density at radius 2 is 2.22 bits per heavy atom. The average Bonchev–Trinajstić information content (AvgIpc) is 2.71. The number of hydrogen-bond acceptors (Lipinski definition) is 3. The summed E-state index contributed by atoms with van der Waals surface area (Å²) in [5.74, 6) is -0.978. The van der Waals surface area contributed by atoms with Crippen molar-refractivity contribution in [2.75, 3.05) is 13.1 Å². The summed E-state index contributed by atoms with van der Waals surface area (Å²) in [7, 11) is 0. The number of carboxylic acids is 1. The first-order valence-corrected chi connectivity index (χ1v) is 5.87. The Bertz CT molecular complexity index is 478. The molecule has 1 rings (SSSR count). The third kappa shape index (κ3) is 4.58. The molecule has 0 saturated heterocycles. The van der Waals surface area contributed by atoms with Crippen molar-refractivity contribution < 1.29 is 19.1 Å². The first kappa shape index (κ1) is 14.2. The molecule has 5 nitrogen and oxygen atoms in total. The van der Waals surface area contributed by atoms with Crippen molar-refractivity contribution in [2.24, 2.45) is 0 Å². The first-order chi connectivity index (χ1) is 8.52. The molecule has 1 aromatic rings. The molecule has 1 amide bonds. The van der Waals surface area contributed by atoms with Gasteiger partial charge in [0.15, 0.2) is 4.67 Å². The third-order valence-corrected chi connectivity index (χ3v) is 2.40. The van der Waals surface area contributed by atoms with Gasteiger partial charge in [0.2, 0.25) is 5.91 Å². The van der Waals surface area contributed by atoms with E-state index in [9.17, 15) is 9.59 Å². The van der Waals surface area contributed by atoms with E-state index in [0.717, 1.165) is 4.90 Å². The molecule has 96 valence electrons. The molecule has 0 radical (unpaired) electrons. The van der Waals surface area contributed by atoms with Gasteiger partial charge in [0.05, 0.1) is 0 Å². The first-order valence-electron chi connectivity index (χ1n) is 5.08. The predicted octanol–water partition coefficient (Wildman–Crippen LogP) is 2.15. The lowest BCUT2D eigenvalue weighted by atomic mass is 10.3. The highest BCUT2D eigenvalue weighted by atomic mass is 79.9. The molecule has 0 atom stereocenters. The number of amides is 1.